The van der Waals surface area contributed by atoms with Gasteiger partial charge < -0.3 is 5.32 Å². The number of nitrogens with zero attached hydrogens (tertiary/aromatic N) is 1. The molecule has 1 atom stereocenters. The second-order valence-corrected chi connectivity index (χ2v) is 5.94. The first-order valence-electron chi connectivity index (χ1n) is 7.18. The van der Waals surface area contributed by atoms with E-state index < -0.39 is 0 Å². The number of hydrogen-bond donors (Lipinski definition) is 1. The highest BCUT2D eigenvalue weighted by Gasteiger charge is 2.21. The molecule has 1 aliphatic heterocycles. The average Bonchev–Trinajstić information content (AvgIpc) is 2.27. The lowest BCUT2D eigenvalue weighted by Gasteiger charge is -2.36. The first-order chi connectivity index (χ1) is 8.09. The Morgan fingerprint density at radius 3 is 2.82 bits per heavy atom. The third-order valence-electron chi connectivity index (χ3n) is 3.51. The topological polar surface area (TPSA) is 15.3 Å². The minimum atomic E-state index is 0.752. The Morgan fingerprint density at radius 2 is 2.18 bits per heavy atom. The van der Waals surface area contributed by atoms with Gasteiger partial charge in [0.2, 0.25) is 0 Å². The molecule has 0 bridgehead atoms. The van der Waals surface area contributed by atoms with Gasteiger partial charge in [-0.05, 0) is 45.2 Å². The van der Waals surface area contributed by atoms with Crippen molar-refractivity contribution in [2.24, 2.45) is 5.92 Å². The summed E-state index contributed by atoms with van der Waals surface area (Å²) in [6.07, 6.45) is 5.29. The largest absolute Gasteiger partial charge is 0.315 e. The molecule has 0 saturated carbocycles. The van der Waals surface area contributed by atoms with E-state index in [1.807, 2.05) is 0 Å². The molecule has 0 aromatic rings. The van der Waals surface area contributed by atoms with Crippen LogP contribution in [0.1, 0.15) is 46.5 Å². The molecule has 1 unspecified atom stereocenters. The lowest BCUT2D eigenvalue weighted by molar-refractivity contribution is 0.146. The van der Waals surface area contributed by atoms with Gasteiger partial charge in [-0.25, -0.2) is 0 Å². The summed E-state index contributed by atoms with van der Waals surface area (Å²) in [6, 6.07) is 0.752. The van der Waals surface area contributed by atoms with Crippen molar-refractivity contribution < 1.29 is 0 Å². The van der Waals surface area contributed by atoms with Crippen LogP contribution in [0.2, 0.25) is 0 Å². The van der Waals surface area contributed by atoms with Crippen molar-refractivity contribution in [2.45, 2.75) is 52.5 Å². The first-order valence-corrected chi connectivity index (χ1v) is 7.18. The molecule has 1 N–H and O–H groups in total. The number of piperidine rings is 1. The zero-order valence-corrected chi connectivity index (χ0v) is 12.0. The monoisotopic (exact) mass is 238 g/mol. The Kier molecular flexibility index (Phi) is 6.83. The SMILES string of the molecule is C=C(C)CCN1CCCCC1CNCC(C)C. The Hall–Kier alpha value is -0.340. The zero-order valence-electron chi connectivity index (χ0n) is 12.0. The van der Waals surface area contributed by atoms with Crippen molar-refractivity contribution in [3.8, 4) is 0 Å². The number of likely N-dealkylation sites (tertiary alicyclic amines) is 1. The fourth-order valence-electron chi connectivity index (χ4n) is 2.46. The van der Waals surface area contributed by atoms with Gasteiger partial charge >= 0.3 is 0 Å². The summed E-state index contributed by atoms with van der Waals surface area (Å²) in [7, 11) is 0. The summed E-state index contributed by atoms with van der Waals surface area (Å²) < 4.78 is 0. The number of nitrogens with one attached hydrogen (secondary N) is 1. The Balaban J connectivity index is 2.29. The van der Waals surface area contributed by atoms with Crippen LogP contribution in [0.4, 0.5) is 0 Å². The third-order valence-corrected chi connectivity index (χ3v) is 3.51. The molecule has 1 saturated heterocycles. The van der Waals surface area contributed by atoms with Gasteiger partial charge in [0.1, 0.15) is 0 Å². The van der Waals surface area contributed by atoms with Crippen LogP contribution in [-0.2, 0) is 0 Å². The molecule has 0 amide bonds. The average molecular weight is 238 g/mol. The smallest absolute Gasteiger partial charge is 0.0220 e. The van der Waals surface area contributed by atoms with Gasteiger partial charge in [-0.2, -0.15) is 0 Å². The second-order valence-electron chi connectivity index (χ2n) is 5.94. The van der Waals surface area contributed by atoms with Crippen molar-refractivity contribution in [3.05, 3.63) is 12.2 Å². The van der Waals surface area contributed by atoms with Crippen molar-refractivity contribution in [3.63, 3.8) is 0 Å². The van der Waals surface area contributed by atoms with Crippen LogP contribution in [0.25, 0.3) is 0 Å². The maximum Gasteiger partial charge on any atom is 0.0220 e. The second kappa shape index (κ2) is 7.88. The molecule has 2 heteroatoms. The van der Waals surface area contributed by atoms with E-state index in [1.54, 1.807) is 0 Å². The Labute approximate surface area is 107 Å². The van der Waals surface area contributed by atoms with E-state index in [0.717, 1.165) is 31.5 Å². The van der Waals surface area contributed by atoms with Gasteiger partial charge in [0.25, 0.3) is 0 Å². The van der Waals surface area contributed by atoms with E-state index in [4.69, 9.17) is 0 Å². The molecule has 1 heterocycles. The van der Waals surface area contributed by atoms with Crippen LogP contribution in [0.5, 0.6) is 0 Å². The van der Waals surface area contributed by atoms with Gasteiger partial charge in [0.05, 0.1) is 0 Å². The van der Waals surface area contributed by atoms with E-state index in [-0.39, 0.29) is 0 Å². The molecule has 0 aliphatic carbocycles. The third kappa shape index (κ3) is 6.23. The highest BCUT2D eigenvalue weighted by Crippen LogP contribution is 2.17. The van der Waals surface area contributed by atoms with E-state index in [2.05, 4.69) is 37.6 Å². The highest BCUT2D eigenvalue weighted by atomic mass is 15.2. The molecular formula is C15H30N2. The zero-order chi connectivity index (χ0) is 12.7. The molecule has 0 radical (unpaired) electrons. The molecule has 0 spiro atoms. The van der Waals surface area contributed by atoms with Crippen LogP contribution in [0, 0.1) is 5.92 Å². The van der Waals surface area contributed by atoms with Crippen LogP contribution in [-0.4, -0.2) is 37.1 Å². The van der Waals surface area contributed by atoms with Gasteiger partial charge in [-0.3, -0.25) is 4.90 Å². The number of hydrogen-bond acceptors (Lipinski definition) is 2. The van der Waals surface area contributed by atoms with Gasteiger partial charge in [0, 0.05) is 19.1 Å². The maximum absolute atomic E-state index is 4.01. The lowest BCUT2D eigenvalue weighted by Crippen LogP contribution is -2.46. The molecule has 17 heavy (non-hydrogen) atoms. The quantitative estimate of drug-likeness (QED) is 0.686. The maximum atomic E-state index is 4.01. The summed E-state index contributed by atoms with van der Waals surface area (Å²) in [5.74, 6) is 0.752. The molecule has 0 aromatic carbocycles. The molecule has 1 fully saturated rings. The predicted octanol–water partition coefficient (Wildman–Crippen LogP) is 3.05. The van der Waals surface area contributed by atoms with E-state index >= 15 is 0 Å². The van der Waals surface area contributed by atoms with E-state index in [0.29, 0.717) is 0 Å². The summed E-state index contributed by atoms with van der Waals surface area (Å²) in [5.41, 5.74) is 1.31. The highest BCUT2D eigenvalue weighted by molar-refractivity contribution is 4.90. The lowest BCUT2D eigenvalue weighted by atomic mass is 10.0. The molecule has 1 aliphatic rings. The molecule has 0 aromatic heterocycles. The van der Waals surface area contributed by atoms with Crippen molar-refractivity contribution in [1.29, 1.82) is 0 Å². The van der Waals surface area contributed by atoms with Crippen molar-refractivity contribution >= 4 is 0 Å². The minimum Gasteiger partial charge on any atom is -0.315 e. The summed E-state index contributed by atoms with van der Waals surface area (Å²) in [4.78, 5) is 2.66. The van der Waals surface area contributed by atoms with Crippen LogP contribution in [0.15, 0.2) is 12.2 Å². The Bertz CT molecular complexity index is 223. The molecular weight excluding hydrogens is 208 g/mol. The minimum absolute atomic E-state index is 0.752. The standard InChI is InChI=1S/C15H30N2/c1-13(2)8-10-17-9-6-5-7-15(17)12-16-11-14(3)4/h14-16H,1,5-12H2,2-4H3. The van der Waals surface area contributed by atoms with Crippen molar-refractivity contribution in [2.75, 3.05) is 26.2 Å². The summed E-state index contributed by atoms with van der Waals surface area (Å²) >= 11 is 0. The number of rotatable bonds is 7. The van der Waals surface area contributed by atoms with Crippen LogP contribution < -0.4 is 5.32 Å². The van der Waals surface area contributed by atoms with Gasteiger partial charge in [-0.1, -0.05) is 25.8 Å². The summed E-state index contributed by atoms with van der Waals surface area (Å²) in [5, 5.41) is 3.61. The molecule has 1 rings (SSSR count). The molecule has 100 valence electrons. The summed E-state index contributed by atoms with van der Waals surface area (Å²) in [6.45, 7) is 15.5. The first kappa shape index (κ1) is 14.7. The normalized spacial score (nSPS) is 22.0. The van der Waals surface area contributed by atoms with Gasteiger partial charge in [-0.15, -0.1) is 6.58 Å². The van der Waals surface area contributed by atoms with E-state index in [9.17, 15) is 0 Å². The fraction of sp³-hybridized carbons (Fsp3) is 0.867. The van der Waals surface area contributed by atoms with Crippen LogP contribution >= 0.6 is 0 Å². The predicted molar refractivity (Wildman–Crippen MR) is 76.4 cm³/mol. The van der Waals surface area contributed by atoms with E-state index in [1.165, 1.54) is 37.9 Å². The van der Waals surface area contributed by atoms with Gasteiger partial charge in [0.15, 0.2) is 0 Å². The Morgan fingerprint density at radius 1 is 1.41 bits per heavy atom. The van der Waals surface area contributed by atoms with Crippen molar-refractivity contribution in [1.82, 2.24) is 10.2 Å². The fourth-order valence-corrected chi connectivity index (χ4v) is 2.46. The van der Waals surface area contributed by atoms with Crippen LogP contribution in [0.3, 0.4) is 0 Å². The molecule has 2 nitrogen and oxygen atoms in total.